The molecule has 0 saturated heterocycles. The summed E-state index contributed by atoms with van der Waals surface area (Å²) in [5, 5.41) is 12.3. The van der Waals surface area contributed by atoms with Gasteiger partial charge in [0, 0.05) is 19.3 Å². The van der Waals surface area contributed by atoms with Crippen LogP contribution >= 0.6 is 0 Å². The molecular weight excluding hydrogens is 184 g/mol. The predicted molar refractivity (Wildman–Crippen MR) is 48.8 cm³/mol. The number of carbonyl (C=O) groups is 1. The summed E-state index contributed by atoms with van der Waals surface area (Å²) in [6.07, 6.45) is 1.39. The Morgan fingerprint density at radius 3 is 2.86 bits per heavy atom. The van der Waals surface area contributed by atoms with E-state index in [0.29, 0.717) is 18.1 Å². The minimum atomic E-state index is -0.798. The molecule has 5 heteroatoms. The number of rotatable bonds is 5. The van der Waals surface area contributed by atoms with Crippen molar-refractivity contribution in [1.82, 2.24) is 10.1 Å². The normalized spacial score (nSPS) is 12.7. The Balaban J connectivity index is 2.47. The zero-order valence-corrected chi connectivity index (χ0v) is 8.36. The maximum absolute atomic E-state index is 10.4. The first-order valence-electron chi connectivity index (χ1n) is 4.65. The first-order chi connectivity index (χ1) is 6.61. The maximum Gasteiger partial charge on any atom is 0.303 e. The van der Waals surface area contributed by atoms with E-state index in [2.05, 4.69) is 10.1 Å². The zero-order chi connectivity index (χ0) is 10.6. The van der Waals surface area contributed by atoms with E-state index in [1.54, 1.807) is 0 Å². The van der Waals surface area contributed by atoms with Crippen LogP contribution in [0.15, 0.2) is 4.52 Å². The summed E-state index contributed by atoms with van der Waals surface area (Å²) in [6.45, 7) is 3.79. The Hall–Kier alpha value is -1.39. The Bertz CT molecular complexity index is 309. The average molecular weight is 198 g/mol. The number of carboxylic acids is 1. The van der Waals surface area contributed by atoms with Crippen LogP contribution in [0.2, 0.25) is 0 Å². The molecule has 1 heterocycles. The largest absolute Gasteiger partial charge is 0.481 e. The van der Waals surface area contributed by atoms with Gasteiger partial charge in [0.1, 0.15) is 0 Å². The van der Waals surface area contributed by atoms with Crippen molar-refractivity contribution in [1.29, 1.82) is 0 Å². The lowest BCUT2D eigenvalue weighted by Gasteiger charge is -2.02. The minimum absolute atomic E-state index is 0.0256. The molecule has 1 unspecified atom stereocenters. The molecule has 0 aliphatic carbocycles. The zero-order valence-electron chi connectivity index (χ0n) is 8.36. The smallest absolute Gasteiger partial charge is 0.303 e. The van der Waals surface area contributed by atoms with Crippen LogP contribution in [0.5, 0.6) is 0 Å². The number of carboxylic acid groups (broad SMARTS) is 1. The molecule has 1 aromatic rings. The number of hydrogen-bond acceptors (Lipinski definition) is 4. The molecule has 14 heavy (non-hydrogen) atoms. The van der Waals surface area contributed by atoms with Crippen LogP contribution in [0.25, 0.3) is 0 Å². The number of hydrogen-bond donors (Lipinski definition) is 1. The number of aliphatic carboxylic acids is 1. The SMILES string of the molecule is CCc1noc(CC(C)CC(=O)O)n1. The average Bonchev–Trinajstić information content (AvgIpc) is 2.50. The highest BCUT2D eigenvalue weighted by Crippen LogP contribution is 2.10. The van der Waals surface area contributed by atoms with Crippen LogP contribution in [0.1, 0.15) is 32.0 Å². The fourth-order valence-corrected chi connectivity index (χ4v) is 1.19. The van der Waals surface area contributed by atoms with Crippen LogP contribution < -0.4 is 0 Å². The summed E-state index contributed by atoms with van der Waals surface area (Å²) >= 11 is 0. The lowest BCUT2D eigenvalue weighted by atomic mass is 10.0. The molecule has 0 aliphatic rings. The van der Waals surface area contributed by atoms with Gasteiger partial charge in [-0.3, -0.25) is 4.79 Å². The summed E-state index contributed by atoms with van der Waals surface area (Å²) in [5.41, 5.74) is 0. The standard InChI is InChI=1S/C9H14N2O3/c1-3-7-10-8(14-11-7)4-6(2)5-9(12)13/h6H,3-5H2,1-2H3,(H,12,13). The van der Waals surface area contributed by atoms with Crippen LogP contribution in [0.3, 0.4) is 0 Å². The summed E-state index contributed by atoms with van der Waals surface area (Å²) in [5.74, 6) is 0.420. The van der Waals surface area contributed by atoms with Crippen LogP contribution in [0, 0.1) is 5.92 Å². The summed E-state index contributed by atoms with van der Waals surface area (Å²) in [7, 11) is 0. The molecule has 0 aliphatic heterocycles. The molecule has 1 atom stereocenters. The molecule has 1 aromatic heterocycles. The highest BCUT2D eigenvalue weighted by Gasteiger charge is 2.12. The third kappa shape index (κ3) is 3.16. The van der Waals surface area contributed by atoms with E-state index in [1.165, 1.54) is 0 Å². The van der Waals surface area contributed by atoms with E-state index in [9.17, 15) is 4.79 Å². The molecule has 0 spiro atoms. The van der Waals surface area contributed by atoms with E-state index in [1.807, 2.05) is 13.8 Å². The molecule has 1 rings (SSSR count). The van der Waals surface area contributed by atoms with Gasteiger partial charge in [0.2, 0.25) is 5.89 Å². The first-order valence-corrected chi connectivity index (χ1v) is 4.65. The second-order valence-corrected chi connectivity index (χ2v) is 3.37. The fraction of sp³-hybridized carbons (Fsp3) is 0.667. The maximum atomic E-state index is 10.4. The van der Waals surface area contributed by atoms with Gasteiger partial charge < -0.3 is 9.63 Å². The number of aryl methyl sites for hydroxylation is 1. The monoisotopic (exact) mass is 198 g/mol. The molecule has 0 aromatic carbocycles. The molecular formula is C9H14N2O3. The van der Waals surface area contributed by atoms with E-state index >= 15 is 0 Å². The highest BCUT2D eigenvalue weighted by molar-refractivity contribution is 5.66. The van der Waals surface area contributed by atoms with Crippen LogP contribution in [-0.2, 0) is 17.6 Å². The van der Waals surface area contributed by atoms with Gasteiger partial charge in [-0.1, -0.05) is 19.0 Å². The lowest BCUT2D eigenvalue weighted by molar-refractivity contribution is -0.137. The van der Waals surface area contributed by atoms with E-state index in [-0.39, 0.29) is 12.3 Å². The molecule has 0 fully saturated rings. The van der Waals surface area contributed by atoms with Gasteiger partial charge in [0.25, 0.3) is 0 Å². The quantitative estimate of drug-likeness (QED) is 0.771. The summed E-state index contributed by atoms with van der Waals surface area (Å²) in [6, 6.07) is 0. The third-order valence-electron chi connectivity index (χ3n) is 1.87. The van der Waals surface area contributed by atoms with E-state index < -0.39 is 5.97 Å². The second-order valence-electron chi connectivity index (χ2n) is 3.37. The molecule has 0 amide bonds. The number of aromatic nitrogens is 2. The molecule has 0 radical (unpaired) electrons. The van der Waals surface area contributed by atoms with Crippen LogP contribution in [0.4, 0.5) is 0 Å². The van der Waals surface area contributed by atoms with Gasteiger partial charge in [0.15, 0.2) is 5.82 Å². The second kappa shape index (κ2) is 4.74. The summed E-state index contributed by atoms with van der Waals surface area (Å²) in [4.78, 5) is 14.5. The van der Waals surface area contributed by atoms with E-state index in [4.69, 9.17) is 9.63 Å². The van der Waals surface area contributed by atoms with Gasteiger partial charge in [-0.05, 0) is 5.92 Å². The fourth-order valence-electron chi connectivity index (χ4n) is 1.19. The molecule has 78 valence electrons. The summed E-state index contributed by atoms with van der Waals surface area (Å²) < 4.78 is 4.95. The topological polar surface area (TPSA) is 76.2 Å². The van der Waals surface area contributed by atoms with E-state index in [0.717, 1.165) is 6.42 Å². The van der Waals surface area contributed by atoms with Crippen molar-refractivity contribution in [3.05, 3.63) is 11.7 Å². The van der Waals surface area contributed by atoms with Crippen molar-refractivity contribution in [2.45, 2.75) is 33.1 Å². The van der Waals surface area contributed by atoms with Gasteiger partial charge in [-0.25, -0.2) is 0 Å². The molecule has 5 nitrogen and oxygen atoms in total. The van der Waals surface area contributed by atoms with Crippen molar-refractivity contribution in [2.24, 2.45) is 5.92 Å². The van der Waals surface area contributed by atoms with Crippen molar-refractivity contribution in [2.75, 3.05) is 0 Å². The van der Waals surface area contributed by atoms with Crippen molar-refractivity contribution >= 4 is 5.97 Å². The third-order valence-corrected chi connectivity index (χ3v) is 1.87. The van der Waals surface area contributed by atoms with Crippen LogP contribution in [-0.4, -0.2) is 21.2 Å². The number of nitrogens with zero attached hydrogens (tertiary/aromatic N) is 2. The van der Waals surface area contributed by atoms with Crippen molar-refractivity contribution < 1.29 is 14.4 Å². The minimum Gasteiger partial charge on any atom is -0.481 e. The lowest BCUT2D eigenvalue weighted by Crippen LogP contribution is -2.07. The molecule has 1 N–H and O–H groups in total. The van der Waals surface area contributed by atoms with Gasteiger partial charge in [-0.2, -0.15) is 4.98 Å². The first kappa shape index (κ1) is 10.7. The molecule has 0 saturated carbocycles. The van der Waals surface area contributed by atoms with Gasteiger partial charge in [-0.15, -0.1) is 0 Å². The highest BCUT2D eigenvalue weighted by atomic mass is 16.5. The van der Waals surface area contributed by atoms with Crippen molar-refractivity contribution in [3.8, 4) is 0 Å². The van der Waals surface area contributed by atoms with Gasteiger partial charge >= 0.3 is 5.97 Å². The van der Waals surface area contributed by atoms with Crippen molar-refractivity contribution in [3.63, 3.8) is 0 Å². The van der Waals surface area contributed by atoms with Gasteiger partial charge in [0.05, 0.1) is 0 Å². The Kier molecular flexibility index (Phi) is 3.62. The Morgan fingerprint density at radius 1 is 1.64 bits per heavy atom. The Morgan fingerprint density at radius 2 is 2.36 bits per heavy atom. The molecule has 0 bridgehead atoms. The predicted octanol–water partition coefficient (Wildman–Crippen LogP) is 1.29. The Labute approximate surface area is 82.1 Å².